The smallest absolute Gasteiger partial charge is 0.133 e. The van der Waals surface area contributed by atoms with Gasteiger partial charge in [-0.25, -0.2) is 0 Å². The number of rotatable bonds is 5. The number of methoxy groups -OCH3 is 1. The summed E-state index contributed by atoms with van der Waals surface area (Å²) in [6, 6.07) is 8.67. The Balaban J connectivity index is 2.40. The minimum atomic E-state index is 0.206. The number of aryl methyl sites for hydroxylation is 1. The highest BCUT2D eigenvalue weighted by atomic mass is 79.9. The molecule has 2 aromatic rings. The maximum Gasteiger partial charge on any atom is 0.133 e. The third-order valence-corrected chi connectivity index (χ3v) is 5.90. The number of thiophene rings is 1. The predicted octanol–water partition coefficient (Wildman–Crippen LogP) is 5.29. The topological polar surface area (TPSA) is 21.3 Å². The Labute approximate surface area is 140 Å². The van der Waals surface area contributed by atoms with Gasteiger partial charge >= 0.3 is 0 Å². The first-order valence-corrected chi connectivity index (χ1v) is 8.79. The van der Waals surface area contributed by atoms with Crippen LogP contribution >= 0.6 is 43.2 Å². The second-order valence-electron chi connectivity index (χ2n) is 4.49. The van der Waals surface area contributed by atoms with Gasteiger partial charge in [0, 0.05) is 4.88 Å². The molecule has 0 radical (unpaired) electrons. The third kappa shape index (κ3) is 3.45. The summed E-state index contributed by atoms with van der Waals surface area (Å²) in [7, 11) is 1.68. The lowest BCUT2D eigenvalue weighted by Gasteiger charge is -2.18. The molecule has 1 aromatic heterocycles. The summed E-state index contributed by atoms with van der Waals surface area (Å²) in [4.78, 5) is 1.31. The first-order valence-electron chi connectivity index (χ1n) is 6.39. The lowest BCUT2D eigenvalue weighted by Crippen LogP contribution is -2.21. The van der Waals surface area contributed by atoms with Gasteiger partial charge in [0.15, 0.2) is 0 Å². The van der Waals surface area contributed by atoms with E-state index in [4.69, 9.17) is 4.74 Å². The van der Waals surface area contributed by atoms with Crippen molar-refractivity contribution >= 4 is 43.2 Å². The first-order chi connectivity index (χ1) is 9.56. The molecule has 0 aliphatic heterocycles. The number of halogens is 2. The zero-order chi connectivity index (χ0) is 14.7. The summed E-state index contributed by atoms with van der Waals surface area (Å²) in [5.41, 5.74) is 2.51. The zero-order valence-electron chi connectivity index (χ0n) is 11.7. The second kappa shape index (κ2) is 7.07. The summed E-state index contributed by atoms with van der Waals surface area (Å²) in [6.07, 6.45) is 0. The summed E-state index contributed by atoms with van der Waals surface area (Å²) in [6.45, 7) is 5.17. The number of nitrogens with one attached hydrogen (secondary N) is 1. The molecule has 0 fully saturated rings. The second-order valence-corrected chi connectivity index (χ2v) is 7.75. The van der Waals surface area contributed by atoms with E-state index in [0.717, 1.165) is 16.8 Å². The van der Waals surface area contributed by atoms with Gasteiger partial charge in [-0.15, -0.1) is 11.3 Å². The van der Waals surface area contributed by atoms with Crippen LogP contribution in [0.4, 0.5) is 0 Å². The van der Waals surface area contributed by atoms with Gasteiger partial charge in [0.2, 0.25) is 0 Å². The summed E-state index contributed by atoms with van der Waals surface area (Å²) >= 11 is 8.95. The third-order valence-electron chi connectivity index (χ3n) is 3.08. The Kier molecular flexibility index (Phi) is 5.66. The number of hydrogen-bond donors (Lipinski definition) is 1. The number of hydrogen-bond acceptors (Lipinski definition) is 3. The van der Waals surface area contributed by atoms with Crippen LogP contribution in [-0.2, 0) is 0 Å². The van der Waals surface area contributed by atoms with Crippen molar-refractivity contribution in [3.05, 3.63) is 48.5 Å². The van der Waals surface area contributed by atoms with Gasteiger partial charge in [-0.1, -0.05) is 13.0 Å². The quantitative estimate of drug-likeness (QED) is 0.712. The highest BCUT2D eigenvalue weighted by Crippen LogP contribution is 2.36. The van der Waals surface area contributed by atoms with Crippen molar-refractivity contribution in [2.45, 2.75) is 19.9 Å². The van der Waals surface area contributed by atoms with Crippen LogP contribution in [0.2, 0.25) is 0 Å². The molecule has 2 rings (SSSR count). The molecule has 5 heteroatoms. The van der Waals surface area contributed by atoms with Crippen molar-refractivity contribution in [1.82, 2.24) is 5.32 Å². The van der Waals surface area contributed by atoms with E-state index in [9.17, 15) is 0 Å². The van der Waals surface area contributed by atoms with Crippen LogP contribution in [0.5, 0.6) is 5.75 Å². The Bertz CT molecular complexity index is 578. The Morgan fingerprint density at radius 2 is 2.05 bits per heavy atom. The van der Waals surface area contributed by atoms with Gasteiger partial charge in [-0.05, 0) is 74.7 Å². The molecule has 0 aliphatic carbocycles. The van der Waals surface area contributed by atoms with Crippen LogP contribution in [0.3, 0.4) is 0 Å². The van der Waals surface area contributed by atoms with E-state index in [1.54, 1.807) is 18.4 Å². The van der Waals surface area contributed by atoms with Crippen LogP contribution < -0.4 is 10.1 Å². The summed E-state index contributed by atoms with van der Waals surface area (Å²) in [5, 5.41) is 3.55. The van der Waals surface area contributed by atoms with Crippen LogP contribution in [0, 0.1) is 6.92 Å². The van der Waals surface area contributed by atoms with Gasteiger partial charge in [0.1, 0.15) is 5.75 Å². The highest BCUT2D eigenvalue weighted by molar-refractivity contribution is 9.11. The van der Waals surface area contributed by atoms with Gasteiger partial charge < -0.3 is 10.1 Å². The molecule has 2 nitrogen and oxygen atoms in total. The van der Waals surface area contributed by atoms with Crippen LogP contribution in [-0.4, -0.2) is 13.7 Å². The molecule has 0 saturated carbocycles. The number of ether oxygens (including phenoxy) is 1. The van der Waals surface area contributed by atoms with E-state index in [1.165, 1.54) is 19.8 Å². The molecule has 1 N–H and O–H groups in total. The fourth-order valence-electron chi connectivity index (χ4n) is 2.07. The molecule has 0 saturated heterocycles. The first kappa shape index (κ1) is 16.0. The normalized spacial score (nSPS) is 12.4. The lowest BCUT2D eigenvalue weighted by atomic mass is 10.0. The maximum absolute atomic E-state index is 5.30. The minimum Gasteiger partial charge on any atom is -0.496 e. The van der Waals surface area contributed by atoms with E-state index in [2.05, 4.69) is 69.2 Å². The molecule has 1 atom stereocenters. The molecule has 0 spiro atoms. The standard InChI is InChI=1S/C15H17Br2NOS/c1-4-18-14(13-7-9(2)15(17)20-13)10-5-6-12(19-3)11(16)8-10/h5-8,14,18H,4H2,1-3H3. The molecule has 108 valence electrons. The minimum absolute atomic E-state index is 0.206. The molecule has 1 aromatic carbocycles. The van der Waals surface area contributed by atoms with Gasteiger partial charge in [-0.3, -0.25) is 0 Å². The largest absolute Gasteiger partial charge is 0.496 e. The molecular formula is C15H17Br2NOS. The van der Waals surface area contributed by atoms with E-state index in [-0.39, 0.29) is 6.04 Å². The number of benzene rings is 1. The Morgan fingerprint density at radius 3 is 2.55 bits per heavy atom. The van der Waals surface area contributed by atoms with Crippen LogP contribution in [0.25, 0.3) is 0 Å². The lowest BCUT2D eigenvalue weighted by molar-refractivity contribution is 0.412. The molecule has 1 heterocycles. The average Bonchev–Trinajstić information content (AvgIpc) is 2.75. The van der Waals surface area contributed by atoms with Crippen molar-refractivity contribution in [3.63, 3.8) is 0 Å². The van der Waals surface area contributed by atoms with Gasteiger partial charge in [0.25, 0.3) is 0 Å². The van der Waals surface area contributed by atoms with Crippen molar-refractivity contribution in [1.29, 1.82) is 0 Å². The predicted molar refractivity (Wildman–Crippen MR) is 93.0 cm³/mol. The van der Waals surface area contributed by atoms with E-state index >= 15 is 0 Å². The van der Waals surface area contributed by atoms with E-state index < -0.39 is 0 Å². The molecule has 0 aliphatic rings. The Morgan fingerprint density at radius 1 is 1.30 bits per heavy atom. The van der Waals surface area contributed by atoms with Crippen molar-refractivity contribution in [3.8, 4) is 5.75 Å². The fourth-order valence-corrected chi connectivity index (χ4v) is 4.31. The van der Waals surface area contributed by atoms with E-state index in [1.807, 2.05) is 6.07 Å². The molecule has 0 bridgehead atoms. The average molecular weight is 419 g/mol. The Hall–Kier alpha value is -0.360. The zero-order valence-corrected chi connectivity index (χ0v) is 15.7. The highest BCUT2D eigenvalue weighted by Gasteiger charge is 2.17. The van der Waals surface area contributed by atoms with Crippen molar-refractivity contribution in [2.24, 2.45) is 0 Å². The SMILES string of the molecule is CCNC(c1ccc(OC)c(Br)c1)c1cc(C)c(Br)s1. The van der Waals surface area contributed by atoms with Crippen LogP contribution in [0.15, 0.2) is 32.5 Å². The molecule has 20 heavy (non-hydrogen) atoms. The van der Waals surface area contributed by atoms with Crippen LogP contribution in [0.1, 0.15) is 29.0 Å². The van der Waals surface area contributed by atoms with Gasteiger partial charge in [0.05, 0.1) is 21.4 Å². The molecule has 1 unspecified atom stereocenters. The summed E-state index contributed by atoms with van der Waals surface area (Å²) < 4.78 is 7.47. The fraction of sp³-hybridized carbons (Fsp3) is 0.333. The molecular weight excluding hydrogens is 402 g/mol. The van der Waals surface area contributed by atoms with Gasteiger partial charge in [-0.2, -0.15) is 0 Å². The van der Waals surface area contributed by atoms with Crippen molar-refractivity contribution < 1.29 is 4.74 Å². The van der Waals surface area contributed by atoms with Crippen molar-refractivity contribution in [2.75, 3.05) is 13.7 Å². The monoisotopic (exact) mass is 417 g/mol. The van der Waals surface area contributed by atoms with E-state index in [0.29, 0.717) is 0 Å². The maximum atomic E-state index is 5.30. The summed E-state index contributed by atoms with van der Waals surface area (Å²) in [5.74, 6) is 0.854. The molecule has 0 amide bonds.